The average molecular weight is 204 g/mol. The SMILES string of the molecule is CCN(CC(C)C#N)c1ccnc(C)n1. The summed E-state index contributed by atoms with van der Waals surface area (Å²) in [5, 5.41) is 8.77. The van der Waals surface area contributed by atoms with Gasteiger partial charge in [-0.1, -0.05) is 0 Å². The fraction of sp³-hybridized carbons (Fsp3) is 0.545. The Hall–Kier alpha value is -1.63. The number of nitriles is 1. The molecule has 1 rings (SSSR count). The van der Waals surface area contributed by atoms with Crippen LogP contribution in [0.25, 0.3) is 0 Å². The predicted molar refractivity (Wildman–Crippen MR) is 59.4 cm³/mol. The third kappa shape index (κ3) is 3.21. The van der Waals surface area contributed by atoms with Crippen LogP contribution in [0.1, 0.15) is 19.7 Å². The summed E-state index contributed by atoms with van der Waals surface area (Å²) in [5.41, 5.74) is 0. The first kappa shape index (κ1) is 11.4. The monoisotopic (exact) mass is 204 g/mol. The van der Waals surface area contributed by atoms with E-state index in [4.69, 9.17) is 5.26 Å². The topological polar surface area (TPSA) is 52.8 Å². The molecule has 0 radical (unpaired) electrons. The minimum Gasteiger partial charge on any atom is -0.355 e. The number of aromatic nitrogens is 2. The van der Waals surface area contributed by atoms with Crippen molar-refractivity contribution < 1.29 is 0 Å². The number of rotatable bonds is 4. The summed E-state index contributed by atoms with van der Waals surface area (Å²) in [6.07, 6.45) is 1.75. The van der Waals surface area contributed by atoms with Crippen molar-refractivity contribution in [3.05, 3.63) is 18.1 Å². The normalized spacial score (nSPS) is 11.9. The van der Waals surface area contributed by atoms with E-state index in [1.54, 1.807) is 6.20 Å². The van der Waals surface area contributed by atoms with E-state index in [2.05, 4.69) is 27.9 Å². The molecule has 4 nitrogen and oxygen atoms in total. The first-order chi connectivity index (χ1) is 7.17. The molecule has 4 heteroatoms. The van der Waals surface area contributed by atoms with Crippen LogP contribution in [-0.2, 0) is 0 Å². The minimum atomic E-state index is 0.0141. The number of hydrogen-bond acceptors (Lipinski definition) is 4. The van der Waals surface area contributed by atoms with Gasteiger partial charge in [0.2, 0.25) is 0 Å². The highest BCUT2D eigenvalue weighted by Crippen LogP contribution is 2.11. The van der Waals surface area contributed by atoms with Gasteiger partial charge in [-0.3, -0.25) is 0 Å². The van der Waals surface area contributed by atoms with Crippen LogP contribution in [-0.4, -0.2) is 23.1 Å². The molecule has 1 unspecified atom stereocenters. The van der Waals surface area contributed by atoms with E-state index >= 15 is 0 Å². The molecule has 1 atom stereocenters. The van der Waals surface area contributed by atoms with E-state index in [1.807, 2.05) is 19.9 Å². The molecular formula is C11H16N4. The summed E-state index contributed by atoms with van der Waals surface area (Å²) in [6, 6.07) is 4.10. The lowest BCUT2D eigenvalue weighted by atomic mass is 10.2. The summed E-state index contributed by atoms with van der Waals surface area (Å²) in [6.45, 7) is 7.40. The molecule has 0 aliphatic rings. The first-order valence-electron chi connectivity index (χ1n) is 5.11. The summed E-state index contributed by atoms with van der Waals surface area (Å²) in [7, 11) is 0. The maximum absolute atomic E-state index is 8.77. The second-order valence-corrected chi connectivity index (χ2v) is 3.53. The molecule has 1 aromatic rings. The van der Waals surface area contributed by atoms with E-state index < -0.39 is 0 Å². The Morgan fingerprint density at radius 1 is 1.60 bits per heavy atom. The third-order valence-electron chi connectivity index (χ3n) is 2.18. The number of aryl methyl sites for hydroxylation is 1. The molecular weight excluding hydrogens is 188 g/mol. The lowest BCUT2D eigenvalue weighted by molar-refractivity contribution is 0.677. The molecule has 0 bridgehead atoms. The van der Waals surface area contributed by atoms with Gasteiger partial charge in [-0.15, -0.1) is 0 Å². The standard InChI is InChI=1S/C11H16N4/c1-4-15(8-9(2)7-12)11-5-6-13-10(3)14-11/h5-6,9H,4,8H2,1-3H3. The van der Waals surface area contributed by atoms with E-state index in [0.29, 0.717) is 6.54 Å². The van der Waals surface area contributed by atoms with E-state index in [-0.39, 0.29) is 5.92 Å². The van der Waals surface area contributed by atoms with Crippen LogP contribution in [0, 0.1) is 24.2 Å². The lowest BCUT2D eigenvalue weighted by Gasteiger charge is -2.22. The molecule has 0 saturated carbocycles. The zero-order chi connectivity index (χ0) is 11.3. The van der Waals surface area contributed by atoms with Crippen molar-refractivity contribution in [2.24, 2.45) is 5.92 Å². The third-order valence-corrected chi connectivity index (χ3v) is 2.18. The Morgan fingerprint density at radius 3 is 2.87 bits per heavy atom. The maximum Gasteiger partial charge on any atom is 0.132 e. The molecule has 0 fully saturated rings. The average Bonchev–Trinajstić information content (AvgIpc) is 2.25. The van der Waals surface area contributed by atoms with Crippen LogP contribution in [0.15, 0.2) is 12.3 Å². The van der Waals surface area contributed by atoms with Crippen LogP contribution in [0.5, 0.6) is 0 Å². The molecule has 0 saturated heterocycles. The molecule has 0 aromatic carbocycles. The molecule has 1 aromatic heterocycles. The molecule has 15 heavy (non-hydrogen) atoms. The van der Waals surface area contributed by atoms with Crippen LogP contribution >= 0.6 is 0 Å². The molecule has 0 spiro atoms. The lowest BCUT2D eigenvalue weighted by Crippen LogP contribution is -2.28. The smallest absolute Gasteiger partial charge is 0.132 e. The van der Waals surface area contributed by atoms with E-state index in [1.165, 1.54) is 0 Å². The van der Waals surface area contributed by atoms with Gasteiger partial charge in [0.25, 0.3) is 0 Å². The first-order valence-corrected chi connectivity index (χ1v) is 5.11. The van der Waals surface area contributed by atoms with Gasteiger partial charge < -0.3 is 4.90 Å². The van der Waals surface area contributed by atoms with E-state index in [9.17, 15) is 0 Å². The van der Waals surface area contributed by atoms with Gasteiger partial charge >= 0.3 is 0 Å². The number of nitrogens with zero attached hydrogens (tertiary/aromatic N) is 4. The molecule has 1 heterocycles. The largest absolute Gasteiger partial charge is 0.355 e. The van der Waals surface area contributed by atoms with Crippen LogP contribution in [0.4, 0.5) is 5.82 Å². The van der Waals surface area contributed by atoms with Crippen LogP contribution in [0.3, 0.4) is 0 Å². The van der Waals surface area contributed by atoms with Gasteiger partial charge in [-0.2, -0.15) is 5.26 Å². The van der Waals surface area contributed by atoms with Gasteiger partial charge in [0.1, 0.15) is 11.6 Å². The van der Waals surface area contributed by atoms with Crippen LogP contribution in [0.2, 0.25) is 0 Å². The van der Waals surface area contributed by atoms with Crippen molar-refractivity contribution in [1.82, 2.24) is 9.97 Å². The van der Waals surface area contributed by atoms with Crippen molar-refractivity contribution in [2.75, 3.05) is 18.0 Å². The zero-order valence-electron chi connectivity index (χ0n) is 9.44. The zero-order valence-corrected chi connectivity index (χ0v) is 9.44. The van der Waals surface area contributed by atoms with Gasteiger partial charge in [-0.25, -0.2) is 9.97 Å². The van der Waals surface area contributed by atoms with Crippen molar-refractivity contribution in [2.45, 2.75) is 20.8 Å². The van der Waals surface area contributed by atoms with Crippen molar-refractivity contribution >= 4 is 5.82 Å². The fourth-order valence-electron chi connectivity index (χ4n) is 1.38. The quantitative estimate of drug-likeness (QED) is 0.750. The predicted octanol–water partition coefficient (Wildman–Crippen LogP) is 1.77. The highest BCUT2D eigenvalue weighted by Gasteiger charge is 2.09. The Bertz CT molecular complexity index is 356. The van der Waals surface area contributed by atoms with Crippen LogP contribution < -0.4 is 4.90 Å². The molecule has 0 amide bonds. The van der Waals surface area contributed by atoms with Gasteiger partial charge in [0.15, 0.2) is 0 Å². The maximum atomic E-state index is 8.77. The molecule has 0 aliphatic heterocycles. The van der Waals surface area contributed by atoms with Crippen molar-refractivity contribution in [3.63, 3.8) is 0 Å². The fourth-order valence-corrected chi connectivity index (χ4v) is 1.38. The van der Waals surface area contributed by atoms with Gasteiger partial charge in [0, 0.05) is 19.3 Å². The highest BCUT2D eigenvalue weighted by molar-refractivity contribution is 5.37. The Labute approximate surface area is 90.6 Å². The van der Waals surface area contributed by atoms with Gasteiger partial charge in [-0.05, 0) is 26.8 Å². The number of hydrogen-bond donors (Lipinski definition) is 0. The van der Waals surface area contributed by atoms with E-state index in [0.717, 1.165) is 18.2 Å². The highest BCUT2D eigenvalue weighted by atomic mass is 15.2. The Balaban J connectivity index is 2.79. The molecule has 80 valence electrons. The van der Waals surface area contributed by atoms with Crippen molar-refractivity contribution in [1.29, 1.82) is 5.26 Å². The Kier molecular flexibility index (Phi) is 4.04. The number of anilines is 1. The molecule has 0 N–H and O–H groups in total. The summed E-state index contributed by atoms with van der Waals surface area (Å²) >= 11 is 0. The van der Waals surface area contributed by atoms with Gasteiger partial charge in [0.05, 0.1) is 12.0 Å². The second kappa shape index (κ2) is 5.30. The molecule has 0 aliphatic carbocycles. The summed E-state index contributed by atoms with van der Waals surface area (Å²) < 4.78 is 0. The minimum absolute atomic E-state index is 0.0141. The Morgan fingerprint density at radius 2 is 2.33 bits per heavy atom. The summed E-state index contributed by atoms with van der Waals surface area (Å²) in [4.78, 5) is 10.5. The summed E-state index contributed by atoms with van der Waals surface area (Å²) in [5.74, 6) is 1.67. The second-order valence-electron chi connectivity index (χ2n) is 3.53. The van der Waals surface area contributed by atoms with Crippen molar-refractivity contribution in [3.8, 4) is 6.07 Å².